The second-order valence-corrected chi connectivity index (χ2v) is 6.13. The van der Waals surface area contributed by atoms with Gasteiger partial charge in [-0.3, -0.25) is 9.59 Å². The molecule has 6 nitrogen and oxygen atoms in total. The maximum absolute atomic E-state index is 12.1. The lowest BCUT2D eigenvalue weighted by molar-refractivity contribution is -0.139. The Morgan fingerprint density at radius 1 is 1.22 bits per heavy atom. The fraction of sp³-hybridized carbons (Fsp3) is 0.529. The summed E-state index contributed by atoms with van der Waals surface area (Å²) in [6, 6.07) is 3.97. The van der Waals surface area contributed by atoms with E-state index in [0.717, 1.165) is 16.7 Å². The lowest BCUT2D eigenvalue weighted by Gasteiger charge is -2.28. The van der Waals surface area contributed by atoms with Crippen LogP contribution in [0, 0.1) is 20.8 Å². The van der Waals surface area contributed by atoms with Crippen LogP contribution in [-0.4, -0.2) is 42.8 Å². The van der Waals surface area contributed by atoms with Crippen LogP contribution in [-0.2, 0) is 14.3 Å². The molecule has 0 saturated heterocycles. The minimum absolute atomic E-state index is 0.105. The smallest absolute Gasteiger partial charge is 0.305 e. The predicted molar refractivity (Wildman–Crippen MR) is 86.8 cm³/mol. The molecule has 0 aromatic heterocycles. The number of rotatable bonds is 8. The standard InChI is InChI=1S/C17H25NO5/c1-11-6-12(2)16(13(3)7-11)23-9-14(19)18-17(4,10-22-5)8-15(20)21/h6-7H,8-10H2,1-5H3,(H,18,19)(H,20,21). The zero-order valence-corrected chi connectivity index (χ0v) is 14.4. The number of carboxylic acid groups (broad SMARTS) is 1. The number of carbonyl (C=O) groups excluding carboxylic acids is 1. The fourth-order valence-electron chi connectivity index (χ4n) is 2.69. The first-order valence-electron chi connectivity index (χ1n) is 7.39. The van der Waals surface area contributed by atoms with E-state index >= 15 is 0 Å². The second-order valence-electron chi connectivity index (χ2n) is 6.13. The van der Waals surface area contributed by atoms with E-state index in [0.29, 0.717) is 5.75 Å². The third-order valence-corrected chi connectivity index (χ3v) is 3.40. The van der Waals surface area contributed by atoms with E-state index in [9.17, 15) is 9.59 Å². The minimum atomic E-state index is -1.00. The molecule has 0 aliphatic heterocycles. The van der Waals surface area contributed by atoms with Crippen LogP contribution >= 0.6 is 0 Å². The Morgan fingerprint density at radius 3 is 2.26 bits per heavy atom. The van der Waals surface area contributed by atoms with Crippen molar-refractivity contribution in [3.8, 4) is 5.75 Å². The Balaban J connectivity index is 2.71. The maximum Gasteiger partial charge on any atom is 0.305 e. The van der Waals surface area contributed by atoms with Gasteiger partial charge in [-0.15, -0.1) is 0 Å². The minimum Gasteiger partial charge on any atom is -0.483 e. The molecule has 1 amide bonds. The summed E-state index contributed by atoms with van der Waals surface area (Å²) in [5.41, 5.74) is 2.07. The largest absolute Gasteiger partial charge is 0.483 e. The van der Waals surface area contributed by atoms with Crippen LogP contribution in [0.5, 0.6) is 5.75 Å². The number of hydrogen-bond acceptors (Lipinski definition) is 4. The number of amides is 1. The zero-order chi connectivity index (χ0) is 17.6. The van der Waals surface area contributed by atoms with Crippen molar-refractivity contribution in [1.29, 1.82) is 0 Å². The molecular formula is C17H25NO5. The highest BCUT2D eigenvalue weighted by atomic mass is 16.5. The summed E-state index contributed by atoms with van der Waals surface area (Å²) in [5.74, 6) is -0.710. The van der Waals surface area contributed by atoms with Crippen LogP contribution < -0.4 is 10.1 Å². The van der Waals surface area contributed by atoms with Crippen LogP contribution in [0.3, 0.4) is 0 Å². The van der Waals surface area contributed by atoms with E-state index in [1.807, 2.05) is 32.9 Å². The highest BCUT2D eigenvalue weighted by Crippen LogP contribution is 2.24. The Labute approximate surface area is 136 Å². The van der Waals surface area contributed by atoms with E-state index in [1.165, 1.54) is 7.11 Å². The van der Waals surface area contributed by atoms with Crippen LogP contribution in [0.15, 0.2) is 12.1 Å². The van der Waals surface area contributed by atoms with Gasteiger partial charge in [0.25, 0.3) is 5.91 Å². The summed E-state index contributed by atoms with van der Waals surface area (Å²) < 4.78 is 10.6. The number of aliphatic carboxylic acids is 1. The first-order valence-corrected chi connectivity index (χ1v) is 7.39. The molecule has 2 N–H and O–H groups in total. The van der Waals surface area contributed by atoms with Gasteiger partial charge in [0.05, 0.1) is 18.6 Å². The number of carbonyl (C=O) groups is 2. The molecular weight excluding hydrogens is 298 g/mol. The molecule has 23 heavy (non-hydrogen) atoms. The van der Waals surface area contributed by atoms with Crippen LogP contribution in [0.4, 0.5) is 0 Å². The maximum atomic E-state index is 12.1. The first kappa shape index (κ1) is 19.0. The average Bonchev–Trinajstić information content (AvgIpc) is 2.35. The molecule has 1 unspecified atom stereocenters. The van der Waals surface area contributed by atoms with Crippen molar-refractivity contribution < 1.29 is 24.2 Å². The second kappa shape index (κ2) is 7.97. The predicted octanol–water partition coefficient (Wildman–Crippen LogP) is 1.99. The molecule has 1 aromatic carbocycles. The molecule has 0 heterocycles. The Kier molecular flexibility index (Phi) is 6.57. The third-order valence-electron chi connectivity index (χ3n) is 3.40. The van der Waals surface area contributed by atoms with Gasteiger partial charge in [-0.1, -0.05) is 17.7 Å². The Hall–Kier alpha value is -2.08. The topological polar surface area (TPSA) is 84.9 Å². The van der Waals surface area contributed by atoms with Crippen LogP contribution in [0.25, 0.3) is 0 Å². The SMILES string of the molecule is COCC(C)(CC(=O)O)NC(=O)COc1c(C)cc(C)cc1C. The van der Waals surface area contributed by atoms with Crippen molar-refractivity contribution in [2.45, 2.75) is 39.7 Å². The molecule has 1 atom stereocenters. The summed E-state index contributed by atoms with van der Waals surface area (Å²) in [5, 5.41) is 11.6. The number of aryl methyl sites for hydroxylation is 3. The summed E-state index contributed by atoms with van der Waals surface area (Å²) in [4.78, 5) is 23.0. The molecule has 0 spiro atoms. The number of methoxy groups -OCH3 is 1. The quantitative estimate of drug-likeness (QED) is 0.764. The Bertz CT molecular complexity index is 561. The summed E-state index contributed by atoms with van der Waals surface area (Å²) in [7, 11) is 1.46. The van der Waals surface area contributed by atoms with Crippen molar-refractivity contribution in [2.24, 2.45) is 0 Å². The molecule has 128 valence electrons. The summed E-state index contributed by atoms with van der Waals surface area (Å²) in [6.45, 7) is 7.40. The van der Waals surface area contributed by atoms with Gasteiger partial charge in [-0.05, 0) is 38.8 Å². The van der Waals surface area contributed by atoms with E-state index < -0.39 is 11.5 Å². The molecule has 1 aromatic rings. The van der Waals surface area contributed by atoms with Gasteiger partial charge >= 0.3 is 5.97 Å². The van der Waals surface area contributed by atoms with Gasteiger partial charge in [-0.2, -0.15) is 0 Å². The monoisotopic (exact) mass is 323 g/mol. The number of benzene rings is 1. The number of hydrogen-bond donors (Lipinski definition) is 2. The summed E-state index contributed by atoms with van der Waals surface area (Å²) in [6.07, 6.45) is -0.227. The highest BCUT2D eigenvalue weighted by molar-refractivity contribution is 5.79. The Morgan fingerprint density at radius 2 is 1.78 bits per heavy atom. The number of carboxylic acids is 1. The van der Waals surface area contributed by atoms with Gasteiger partial charge in [0.1, 0.15) is 5.75 Å². The van der Waals surface area contributed by atoms with E-state index in [4.69, 9.17) is 14.6 Å². The molecule has 0 radical (unpaired) electrons. The normalized spacial score (nSPS) is 13.3. The third kappa shape index (κ3) is 5.90. The van der Waals surface area contributed by atoms with Crippen molar-refractivity contribution >= 4 is 11.9 Å². The zero-order valence-electron chi connectivity index (χ0n) is 14.4. The van der Waals surface area contributed by atoms with Crippen LogP contribution in [0.2, 0.25) is 0 Å². The highest BCUT2D eigenvalue weighted by Gasteiger charge is 2.29. The van der Waals surface area contributed by atoms with Crippen molar-refractivity contribution in [1.82, 2.24) is 5.32 Å². The summed E-state index contributed by atoms with van der Waals surface area (Å²) >= 11 is 0. The molecule has 0 saturated carbocycles. The first-order chi connectivity index (χ1) is 10.7. The molecule has 0 aliphatic rings. The van der Waals surface area contributed by atoms with Gasteiger partial charge < -0.3 is 19.9 Å². The number of nitrogens with one attached hydrogen (secondary N) is 1. The lowest BCUT2D eigenvalue weighted by Crippen LogP contribution is -2.52. The molecule has 6 heteroatoms. The van der Waals surface area contributed by atoms with Crippen molar-refractivity contribution in [3.05, 3.63) is 28.8 Å². The number of ether oxygens (including phenoxy) is 2. The van der Waals surface area contributed by atoms with E-state index in [-0.39, 0.29) is 25.5 Å². The molecule has 0 bridgehead atoms. The van der Waals surface area contributed by atoms with Gasteiger partial charge in [0.2, 0.25) is 0 Å². The van der Waals surface area contributed by atoms with E-state index in [2.05, 4.69) is 5.32 Å². The van der Waals surface area contributed by atoms with Crippen LogP contribution in [0.1, 0.15) is 30.0 Å². The molecule has 0 aliphatic carbocycles. The van der Waals surface area contributed by atoms with Crippen molar-refractivity contribution in [3.63, 3.8) is 0 Å². The molecule has 0 fully saturated rings. The van der Waals surface area contributed by atoms with Gasteiger partial charge in [0.15, 0.2) is 6.61 Å². The van der Waals surface area contributed by atoms with E-state index in [1.54, 1.807) is 6.92 Å². The van der Waals surface area contributed by atoms with Crippen molar-refractivity contribution in [2.75, 3.05) is 20.3 Å². The fourth-order valence-corrected chi connectivity index (χ4v) is 2.69. The van der Waals surface area contributed by atoms with Gasteiger partial charge in [0, 0.05) is 7.11 Å². The average molecular weight is 323 g/mol. The molecule has 1 rings (SSSR count). The lowest BCUT2D eigenvalue weighted by atomic mass is 9.99. The van der Waals surface area contributed by atoms with Gasteiger partial charge in [-0.25, -0.2) is 0 Å².